The van der Waals surface area contributed by atoms with E-state index in [2.05, 4.69) is 5.32 Å². The van der Waals surface area contributed by atoms with Gasteiger partial charge in [-0.2, -0.15) is 13.2 Å². The molecule has 172 valence electrons. The van der Waals surface area contributed by atoms with Gasteiger partial charge in [-0.1, -0.05) is 24.3 Å². The number of carbonyl (C=O) groups excluding carboxylic acids is 2. The first-order chi connectivity index (χ1) is 15.3. The Labute approximate surface area is 189 Å². The van der Waals surface area contributed by atoms with Crippen LogP contribution in [0.25, 0.3) is 0 Å². The molecule has 1 fully saturated rings. The number of hydrogen-bond donors (Lipinski definition) is 1. The first-order valence-corrected chi connectivity index (χ1v) is 11.4. The maximum Gasteiger partial charge on any atom is 0.471 e. The number of thioether (sulfide) groups is 1. The highest BCUT2D eigenvalue weighted by atomic mass is 32.2. The van der Waals surface area contributed by atoms with Crippen LogP contribution >= 0.6 is 11.8 Å². The van der Waals surface area contributed by atoms with E-state index in [0.717, 1.165) is 35.0 Å². The Bertz CT molecular complexity index is 946. The van der Waals surface area contributed by atoms with Gasteiger partial charge in [-0.3, -0.25) is 9.59 Å². The van der Waals surface area contributed by atoms with Crippen molar-refractivity contribution in [3.63, 3.8) is 0 Å². The second-order valence-corrected chi connectivity index (χ2v) is 8.48. The van der Waals surface area contributed by atoms with E-state index < -0.39 is 12.1 Å². The summed E-state index contributed by atoms with van der Waals surface area (Å²) >= 11 is 1.57. The van der Waals surface area contributed by atoms with Crippen LogP contribution < -0.4 is 5.32 Å². The summed E-state index contributed by atoms with van der Waals surface area (Å²) in [6.45, 7) is 1.98. The lowest BCUT2D eigenvalue weighted by molar-refractivity contribution is -0.185. The van der Waals surface area contributed by atoms with E-state index in [1.807, 2.05) is 12.1 Å². The monoisotopic (exact) mass is 466 g/mol. The lowest BCUT2D eigenvalue weighted by Gasteiger charge is -2.22. The lowest BCUT2D eigenvalue weighted by atomic mass is 10.1. The van der Waals surface area contributed by atoms with Crippen LogP contribution in [0.2, 0.25) is 0 Å². The fraction of sp³-hybridized carbons (Fsp3) is 0.391. The third-order valence-electron chi connectivity index (χ3n) is 5.05. The molecule has 0 aromatic heterocycles. The molecular weight excluding hydrogens is 441 g/mol. The molecule has 1 unspecified atom stereocenters. The number of halogens is 3. The Morgan fingerprint density at radius 2 is 1.97 bits per heavy atom. The molecule has 5 nitrogen and oxygen atoms in total. The molecule has 32 heavy (non-hydrogen) atoms. The minimum atomic E-state index is -4.92. The molecule has 0 saturated carbocycles. The van der Waals surface area contributed by atoms with Crippen molar-refractivity contribution in [1.29, 1.82) is 0 Å². The smallest absolute Gasteiger partial charge is 0.377 e. The molecule has 1 aliphatic heterocycles. The Morgan fingerprint density at radius 3 is 2.66 bits per heavy atom. The van der Waals surface area contributed by atoms with Gasteiger partial charge in [-0.05, 0) is 49.6 Å². The van der Waals surface area contributed by atoms with Gasteiger partial charge < -0.3 is 15.0 Å². The van der Waals surface area contributed by atoms with Crippen LogP contribution in [-0.4, -0.2) is 47.9 Å². The molecule has 2 aromatic carbocycles. The van der Waals surface area contributed by atoms with Gasteiger partial charge in [0.15, 0.2) is 0 Å². The van der Waals surface area contributed by atoms with Crippen LogP contribution in [-0.2, 0) is 16.1 Å². The van der Waals surface area contributed by atoms with Crippen LogP contribution in [0.5, 0.6) is 0 Å². The van der Waals surface area contributed by atoms with Crippen molar-refractivity contribution in [2.24, 2.45) is 0 Å². The fourth-order valence-electron chi connectivity index (χ4n) is 3.41. The van der Waals surface area contributed by atoms with Gasteiger partial charge in [0, 0.05) is 36.0 Å². The molecule has 0 aliphatic carbocycles. The molecule has 9 heteroatoms. The maximum atomic E-state index is 12.9. The van der Waals surface area contributed by atoms with Crippen LogP contribution in [0, 0.1) is 0 Å². The summed E-state index contributed by atoms with van der Waals surface area (Å²) in [4.78, 5) is 26.0. The van der Waals surface area contributed by atoms with Crippen molar-refractivity contribution in [2.75, 3.05) is 24.2 Å². The number of benzene rings is 2. The van der Waals surface area contributed by atoms with Gasteiger partial charge in [0.05, 0.1) is 11.7 Å². The topological polar surface area (TPSA) is 58.6 Å². The van der Waals surface area contributed by atoms with E-state index in [4.69, 9.17) is 4.74 Å². The normalized spacial score (nSPS) is 16.1. The minimum absolute atomic E-state index is 0.0791. The quantitative estimate of drug-likeness (QED) is 0.549. The summed E-state index contributed by atoms with van der Waals surface area (Å²) in [7, 11) is 0. The predicted octanol–water partition coefficient (Wildman–Crippen LogP) is 5.12. The standard InChI is InChI=1S/C23H25F3N2O3S/c1-2-28(22(30)23(24,25)26)14-16-7-5-8-17(13-16)27-21(29)19-10-3-4-11-20(19)32-15-18-9-6-12-31-18/h3-5,7-8,10-11,13,18H,2,6,9,12,14-15H2,1H3,(H,27,29). The van der Waals surface area contributed by atoms with Crippen molar-refractivity contribution < 1.29 is 27.5 Å². The lowest BCUT2D eigenvalue weighted by Crippen LogP contribution is -2.40. The SMILES string of the molecule is CCN(Cc1cccc(NC(=O)c2ccccc2SCC2CCCO2)c1)C(=O)C(F)(F)F. The number of ether oxygens (including phenoxy) is 1. The number of rotatable bonds is 8. The molecule has 1 saturated heterocycles. The van der Waals surface area contributed by atoms with Crippen molar-refractivity contribution in [2.45, 2.75) is 43.5 Å². The van der Waals surface area contributed by atoms with Crippen molar-refractivity contribution >= 4 is 29.3 Å². The second kappa shape index (κ2) is 10.9. The highest BCUT2D eigenvalue weighted by Gasteiger charge is 2.41. The largest absolute Gasteiger partial charge is 0.471 e. The highest BCUT2D eigenvalue weighted by Crippen LogP contribution is 2.27. The molecular formula is C23H25F3N2O3S. The van der Waals surface area contributed by atoms with E-state index in [1.165, 1.54) is 6.92 Å². The van der Waals surface area contributed by atoms with E-state index >= 15 is 0 Å². The van der Waals surface area contributed by atoms with Crippen LogP contribution in [0.1, 0.15) is 35.7 Å². The van der Waals surface area contributed by atoms with Gasteiger partial charge in [-0.25, -0.2) is 0 Å². The number of hydrogen-bond acceptors (Lipinski definition) is 4. The molecule has 0 radical (unpaired) electrons. The van der Waals surface area contributed by atoms with Gasteiger partial charge in [0.2, 0.25) is 0 Å². The zero-order valence-electron chi connectivity index (χ0n) is 17.7. The molecule has 2 amide bonds. The summed E-state index contributed by atoms with van der Waals surface area (Å²) in [5.41, 5.74) is 1.45. The second-order valence-electron chi connectivity index (χ2n) is 7.41. The summed E-state index contributed by atoms with van der Waals surface area (Å²) in [5.74, 6) is -1.43. The Kier molecular flexibility index (Phi) is 8.20. The number of anilines is 1. The highest BCUT2D eigenvalue weighted by molar-refractivity contribution is 7.99. The summed E-state index contributed by atoms with van der Waals surface area (Å²) in [6.07, 6.45) is -2.67. The molecule has 0 spiro atoms. The van der Waals surface area contributed by atoms with E-state index in [0.29, 0.717) is 16.8 Å². The van der Waals surface area contributed by atoms with E-state index in [1.54, 1.807) is 48.2 Å². The Morgan fingerprint density at radius 1 is 1.19 bits per heavy atom. The number of nitrogens with zero attached hydrogens (tertiary/aromatic N) is 1. The Hall–Kier alpha value is -2.52. The van der Waals surface area contributed by atoms with E-state index in [-0.39, 0.29) is 25.1 Å². The van der Waals surface area contributed by atoms with Crippen molar-refractivity contribution in [1.82, 2.24) is 4.90 Å². The molecule has 1 atom stereocenters. The summed E-state index contributed by atoms with van der Waals surface area (Å²) in [5, 5.41) is 2.81. The number of amides is 2. The third kappa shape index (κ3) is 6.49. The van der Waals surface area contributed by atoms with Crippen LogP contribution in [0.3, 0.4) is 0 Å². The summed E-state index contributed by atoms with van der Waals surface area (Å²) in [6, 6.07) is 13.8. The van der Waals surface area contributed by atoms with Gasteiger partial charge in [0.25, 0.3) is 5.91 Å². The molecule has 1 heterocycles. The minimum Gasteiger partial charge on any atom is -0.377 e. The van der Waals surface area contributed by atoms with Crippen LogP contribution in [0.15, 0.2) is 53.4 Å². The average Bonchev–Trinajstić information content (AvgIpc) is 3.29. The average molecular weight is 467 g/mol. The number of alkyl halides is 3. The predicted molar refractivity (Wildman–Crippen MR) is 118 cm³/mol. The van der Waals surface area contributed by atoms with Crippen molar-refractivity contribution in [3.8, 4) is 0 Å². The molecule has 0 bridgehead atoms. The molecule has 1 aliphatic rings. The van der Waals surface area contributed by atoms with Crippen molar-refractivity contribution in [3.05, 3.63) is 59.7 Å². The third-order valence-corrected chi connectivity index (χ3v) is 6.26. The fourth-order valence-corrected chi connectivity index (χ4v) is 4.53. The zero-order valence-corrected chi connectivity index (χ0v) is 18.5. The Balaban J connectivity index is 1.67. The number of carbonyl (C=O) groups is 2. The molecule has 2 aromatic rings. The number of nitrogens with one attached hydrogen (secondary N) is 1. The zero-order chi connectivity index (χ0) is 23.1. The summed E-state index contributed by atoms with van der Waals surface area (Å²) < 4.78 is 44.0. The van der Waals surface area contributed by atoms with Gasteiger partial charge in [-0.15, -0.1) is 11.8 Å². The maximum absolute atomic E-state index is 12.9. The molecule has 3 rings (SSSR count). The van der Waals surface area contributed by atoms with Gasteiger partial charge in [0.1, 0.15) is 0 Å². The first kappa shape index (κ1) is 24.1. The van der Waals surface area contributed by atoms with Gasteiger partial charge >= 0.3 is 12.1 Å². The molecule has 1 N–H and O–H groups in total. The van der Waals surface area contributed by atoms with E-state index in [9.17, 15) is 22.8 Å². The first-order valence-electron chi connectivity index (χ1n) is 10.4. The van der Waals surface area contributed by atoms with Crippen LogP contribution in [0.4, 0.5) is 18.9 Å².